The normalized spacial score (nSPS) is 12.1. The maximum absolute atomic E-state index is 12.5. The van der Waals surface area contributed by atoms with Gasteiger partial charge in [0, 0.05) is 20.1 Å². The number of sulfonamides is 1. The van der Waals surface area contributed by atoms with E-state index in [2.05, 4.69) is 12.2 Å². The highest BCUT2D eigenvalue weighted by molar-refractivity contribution is 7.89. The molecule has 1 aromatic rings. The molecule has 0 radical (unpaired) electrons. The largest absolute Gasteiger partial charge is 0.313 e. The lowest BCUT2D eigenvalue weighted by atomic mass is 10.1. The predicted octanol–water partition coefficient (Wildman–Crippen LogP) is 2.44. The third kappa shape index (κ3) is 3.81. The van der Waals surface area contributed by atoms with E-state index < -0.39 is 10.0 Å². The quantitative estimate of drug-likeness (QED) is 0.787. The second-order valence-corrected chi connectivity index (χ2v) is 7.15. The van der Waals surface area contributed by atoms with Crippen molar-refractivity contribution >= 4 is 10.0 Å². The average Bonchev–Trinajstić information content (AvgIpc) is 2.40. The van der Waals surface area contributed by atoms with Gasteiger partial charge in [-0.3, -0.25) is 0 Å². The Kier molecular flexibility index (Phi) is 6.17. The fraction of sp³-hybridized carbons (Fsp3) is 0.600. The summed E-state index contributed by atoms with van der Waals surface area (Å²) in [6, 6.07) is 3.77. The fourth-order valence-corrected chi connectivity index (χ4v) is 3.51. The van der Waals surface area contributed by atoms with E-state index in [4.69, 9.17) is 0 Å². The van der Waals surface area contributed by atoms with E-state index in [1.807, 2.05) is 32.9 Å². The number of hydrogen-bond donors (Lipinski definition) is 1. The average molecular weight is 298 g/mol. The Hall–Kier alpha value is -0.910. The molecule has 0 heterocycles. The van der Waals surface area contributed by atoms with Gasteiger partial charge >= 0.3 is 0 Å². The number of rotatable bonds is 7. The molecule has 20 heavy (non-hydrogen) atoms. The molecule has 0 spiro atoms. The summed E-state index contributed by atoms with van der Waals surface area (Å²) in [5.41, 5.74) is 2.98. The molecule has 0 atom stereocenters. The Morgan fingerprint density at radius 2 is 1.80 bits per heavy atom. The molecule has 5 heteroatoms. The molecule has 1 aromatic carbocycles. The molecule has 0 unspecified atom stereocenters. The van der Waals surface area contributed by atoms with Crippen molar-refractivity contribution in [1.82, 2.24) is 9.62 Å². The summed E-state index contributed by atoms with van der Waals surface area (Å²) in [7, 11) is -1.77. The highest BCUT2D eigenvalue weighted by Gasteiger charge is 2.22. The highest BCUT2D eigenvalue weighted by Crippen LogP contribution is 2.23. The Morgan fingerprint density at radius 1 is 1.15 bits per heavy atom. The monoisotopic (exact) mass is 298 g/mol. The highest BCUT2D eigenvalue weighted by atomic mass is 32.2. The Bertz CT molecular complexity index is 553. The first-order valence-corrected chi connectivity index (χ1v) is 8.55. The third-order valence-electron chi connectivity index (χ3n) is 3.51. The summed E-state index contributed by atoms with van der Waals surface area (Å²) in [6.45, 7) is 9.94. The van der Waals surface area contributed by atoms with Crippen LogP contribution >= 0.6 is 0 Å². The molecule has 0 fully saturated rings. The maximum atomic E-state index is 12.5. The van der Waals surface area contributed by atoms with E-state index in [9.17, 15) is 8.42 Å². The summed E-state index contributed by atoms with van der Waals surface area (Å²) < 4.78 is 26.3. The van der Waals surface area contributed by atoms with Gasteiger partial charge in [-0.2, -0.15) is 0 Å². The van der Waals surface area contributed by atoms with Crippen LogP contribution in [0.4, 0.5) is 0 Å². The molecule has 0 aliphatic rings. The zero-order valence-electron chi connectivity index (χ0n) is 13.2. The van der Waals surface area contributed by atoms with Crippen molar-refractivity contribution in [2.24, 2.45) is 0 Å². The minimum absolute atomic E-state index is 0.417. The van der Waals surface area contributed by atoms with E-state index >= 15 is 0 Å². The zero-order valence-corrected chi connectivity index (χ0v) is 14.0. The van der Waals surface area contributed by atoms with Crippen LogP contribution in [-0.2, 0) is 16.6 Å². The Labute approximate surface area is 123 Å². The van der Waals surface area contributed by atoms with Crippen molar-refractivity contribution in [2.45, 2.75) is 45.6 Å². The molecule has 0 aromatic heterocycles. The zero-order chi connectivity index (χ0) is 15.3. The summed E-state index contributed by atoms with van der Waals surface area (Å²) >= 11 is 0. The Balaban J connectivity index is 3.18. The van der Waals surface area contributed by atoms with Gasteiger partial charge in [-0.1, -0.05) is 19.9 Å². The molecule has 0 aliphatic carbocycles. The second-order valence-electron chi connectivity index (χ2n) is 5.14. The summed E-state index contributed by atoms with van der Waals surface area (Å²) in [6.07, 6.45) is 1.06. The van der Waals surface area contributed by atoms with Crippen molar-refractivity contribution in [3.05, 3.63) is 28.8 Å². The van der Waals surface area contributed by atoms with E-state index in [1.54, 1.807) is 7.05 Å². The van der Waals surface area contributed by atoms with Gasteiger partial charge < -0.3 is 5.32 Å². The number of hydrogen-bond acceptors (Lipinski definition) is 3. The molecule has 0 saturated heterocycles. The summed E-state index contributed by atoms with van der Waals surface area (Å²) in [5.74, 6) is 0. The van der Waals surface area contributed by atoms with E-state index in [0.29, 0.717) is 18.0 Å². The SMILES string of the molecule is CCCNCc1cc(S(=O)(=O)N(C)CC)c(C)cc1C. The number of nitrogens with one attached hydrogen (secondary N) is 1. The van der Waals surface area contributed by atoms with Gasteiger partial charge in [-0.15, -0.1) is 0 Å². The lowest BCUT2D eigenvalue weighted by molar-refractivity contribution is 0.485. The molecule has 1 rings (SSSR count). The van der Waals surface area contributed by atoms with Crippen molar-refractivity contribution in [3.8, 4) is 0 Å². The van der Waals surface area contributed by atoms with Gasteiger partial charge in [-0.05, 0) is 49.6 Å². The maximum Gasteiger partial charge on any atom is 0.243 e. The topological polar surface area (TPSA) is 49.4 Å². The molecule has 1 N–H and O–H groups in total. The van der Waals surface area contributed by atoms with Crippen LogP contribution in [0.1, 0.15) is 37.0 Å². The van der Waals surface area contributed by atoms with Gasteiger partial charge in [0.1, 0.15) is 0 Å². The number of benzene rings is 1. The van der Waals surface area contributed by atoms with Crippen molar-refractivity contribution < 1.29 is 8.42 Å². The molecule has 114 valence electrons. The lowest BCUT2D eigenvalue weighted by Crippen LogP contribution is -2.27. The fourth-order valence-electron chi connectivity index (χ4n) is 2.08. The first-order chi connectivity index (χ1) is 9.34. The minimum atomic E-state index is -3.38. The third-order valence-corrected chi connectivity index (χ3v) is 5.58. The van der Waals surface area contributed by atoms with E-state index in [0.717, 1.165) is 29.7 Å². The van der Waals surface area contributed by atoms with Gasteiger partial charge in [0.05, 0.1) is 4.90 Å². The summed E-state index contributed by atoms with van der Waals surface area (Å²) in [4.78, 5) is 0.417. The molecule has 0 saturated carbocycles. The first-order valence-electron chi connectivity index (χ1n) is 7.11. The molecular formula is C15H26N2O2S. The minimum Gasteiger partial charge on any atom is -0.313 e. The number of nitrogens with zero attached hydrogens (tertiary/aromatic N) is 1. The van der Waals surface area contributed by atoms with Crippen LogP contribution < -0.4 is 5.32 Å². The van der Waals surface area contributed by atoms with Crippen molar-refractivity contribution in [2.75, 3.05) is 20.1 Å². The first kappa shape index (κ1) is 17.1. The lowest BCUT2D eigenvalue weighted by Gasteiger charge is -2.18. The van der Waals surface area contributed by atoms with Crippen molar-refractivity contribution in [1.29, 1.82) is 0 Å². The Morgan fingerprint density at radius 3 is 2.35 bits per heavy atom. The van der Waals surface area contributed by atoms with Crippen LogP contribution in [0.3, 0.4) is 0 Å². The van der Waals surface area contributed by atoms with E-state index in [-0.39, 0.29) is 0 Å². The molecule has 0 bridgehead atoms. The van der Waals surface area contributed by atoms with Crippen molar-refractivity contribution in [3.63, 3.8) is 0 Å². The smallest absolute Gasteiger partial charge is 0.243 e. The summed E-state index contributed by atoms with van der Waals surface area (Å²) in [5, 5.41) is 3.33. The van der Waals surface area contributed by atoms with Crippen LogP contribution in [0.15, 0.2) is 17.0 Å². The molecule has 4 nitrogen and oxygen atoms in total. The van der Waals surface area contributed by atoms with Crippen LogP contribution in [0.25, 0.3) is 0 Å². The van der Waals surface area contributed by atoms with Gasteiger partial charge in [-0.25, -0.2) is 12.7 Å². The number of aryl methyl sites for hydroxylation is 2. The van der Waals surface area contributed by atoms with Crippen LogP contribution in [0.2, 0.25) is 0 Å². The predicted molar refractivity (Wildman–Crippen MR) is 83.4 cm³/mol. The van der Waals surface area contributed by atoms with Crippen LogP contribution in [-0.4, -0.2) is 32.9 Å². The standard InChI is InChI=1S/C15H26N2O2S/c1-6-8-16-11-14-10-15(13(4)9-12(14)3)20(18,19)17(5)7-2/h9-10,16H,6-8,11H2,1-5H3. The van der Waals surface area contributed by atoms with Gasteiger partial charge in [0.2, 0.25) is 10.0 Å². The van der Waals surface area contributed by atoms with Gasteiger partial charge in [0.15, 0.2) is 0 Å². The van der Waals surface area contributed by atoms with Gasteiger partial charge in [0.25, 0.3) is 0 Å². The van der Waals surface area contributed by atoms with Crippen LogP contribution in [0.5, 0.6) is 0 Å². The van der Waals surface area contributed by atoms with Crippen LogP contribution in [0, 0.1) is 13.8 Å². The molecule has 0 aliphatic heterocycles. The van der Waals surface area contributed by atoms with E-state index in [1.165, 1.54) is 4.31 Å². The molecule has 0 amide bonds. The second kappa shape index (κ2) is 7.20. The molecular weight excluding hydrogens is 272 g/mol.